The van der Waals surface area contributed by atoms with Gasteiger partial charge in [0.1, 0.15) is 11.9 Å². The van der Waals surface area contributed by atoms with E-state index < -0.39 is 9.96 Å². The predicted octanol–water partition coefficient (Wildman–Crippen LogP) is 3.05. The fraction of sp³-hybridized carbons (Fsp3) is 0.444. The molecule has 0 bridgehead atoms. The second-order valence-corrected chi connectivity index (χ2v) is 9.54. The molecule has 29 heavy (non-hydrogen) atoms. The Morgan fingerprint density at radius 1 is 1.21 bits per heavy atom. The minimum atomic E-state index is -1.88. The molecule has 1 aromatic rings. The third-order valence-corrected chi connectivity index (χ3v) is 5.18. The first-order valence-electron chi connectivity index (χ1n) is 8.82. The molecule has 2 amide bonds. The van der Waals surface area contributed by atoms with E-state index in [0.717, 1.165) is 0 Å². The van der Waals surface area contributed by atoms with Crippen molar-refractivity contribution >= 4 is 75.3 Å². The molecule has 1 aliphatic heterocycles. The smallest absolute Gasteiger partial charge is 0.289 e. The fourth-order valence-corrected chi connectivity index (χ4v) is 3.11. The summed E-state index contributed by atoms with van der Waals surface area (Å²) in [5.74, 6) is -0.965. The largest absolute Gasteiger partial charge is 0.337 e. The van der Waals surface area contributed by atoms with Crippen LogP contribution in [0.15, 0.2) is 35.3 Å². The highest BCUT2D eigenvalue weighted by molar-refractivity contribution is 7.80. The van der Waals surface area contributed by atoms with E-state index in [0.29, 0.717) is 5.69 Å². The lowest BCUT2D eigenvalue weighted by molar-refractivity contribution is -0.124. The molecule has 0 radical (unpaired) electrons. The SMILES string of the molecule is CC(C)C(=O)NC(NC(=S)N=C1C(=O)N(c2ccccc2)N(C)C1C)C(Cl)(Cl)Cl. The molecular formula is C18H22Cl3N5O2S. The number of anilines is 1. The van der Waals surface area contributed by atoms with Crippen molar-refractivity contribution in [1.29, 1.82) is 0 Å². The normalized spacial score (nSPS) is 20.3. The molecule has 0 spiro atoms. The number of thiocarbonyl (C=S) groups is 1. The van der Waals surface area contributed by atoms with Crippen LogP contribution in [-0.2, 0) is 9.59 Å². The maximum atomic E-state index is 12.9. The lowest BCUT2D eigenvalue weighted by Gasteiger charge is -2.27. The molecule has 1 aliphatic rings. The van der Waals surface area contributed by atoms with Gasteiger partial charge in [-0.2, -0.15) is 0 Å². The van der Waals surface area contributed by atoms with Crippen LogP contribution in [0.2, 0.25) is 0 Å². The summed E-state index contributed by atoms with van der Waals surface area (Å²) in [6.07, 6.45) is -1.12. The topological polar surface area (TPSA) is 77.0 Å². The molecule has 2 rings (SSSR count). The van der Waals surface area contributed by atoms with Crippen LogP contribution in [0.1, 0.15) is 20.8 Å². The van der Waals surface area contributed by atoms with Gasteiger partial charge in [-0.15, -0.1) is 0 Å². The summed E-state index contributed by atoms with van der Waals surface area (Å²) in [5.41, 5.74) is 0.936. The van der Waals surface area contributed by atoms with Gasteiger partial charge in [-0.25, -0.2) is 15.0 Å². The number of nitrogens with one attached hydrogen (secondary N) is 2. The second-order valence-electron chi connectivity index (χ2n) is 6.79. The Bertz CT molecular complexity index is 813. The van der Waals surface area contributed by atoms with E-state index in [-0.39, 0.29) is 34.6 Å². The number of carbonyl (C=O) groups is 2. The summed E-state index contributed by atoms with van der Waals surface area (Å²) >= 11 is 23.1. The molecule has 1 aromatic carbocycles. The van der Waals surface area contributed by atoms with Crippen LogP contribution in [0.3, 0.4) is 0 Å². The molecule has 1 saturated heterocycles. The summed E-state index contributed by atoms with van der Waals surface area (Å²) in [6, 6.07) is 8.85. The van der Waals surface area contributed by atoms with Gasteiger partial charge in [0.15, 0.2) is 5.11 Å². The van der Waals surface area contributed by atoms with Crippen LogP contribution in [0.5, 0.6) is 0 Å². The van der Waals surface area contributed by atoms with E-state index in [9.17, 15) is 9.59 Å². The molecule has 158 valence electrons. The Labute approximate surface area is 190 Å². The highest BCUT2D eigenvalue weighted by Crippen LogP contribution is 2.29. The van der Waals surface area contributed by atoms with Crippen LogP contribution < -0.4 is 15.6 Å². The van der Waals surface area contributed by atoms with Crippen molar-refractivity contribution in [3.05, 3.63) is 30.3 Å². The quantitative estimate of drug-likeness (QED) is 0.395. The van der Waals surface area contributed by atoms with E-state index in [1.54, 1.807) is 25.9 Å². The minimum Gasteiger partial charge on any atom is -0.337 e. The first-order chi connectivity index (χ1) is 13.4. The standard InChI is InChI=1S/C18H22Cl3N5O2S/c1-10(2)14(27)23-16(18(19,20)21)24-17(29)22-13-11(3)25(4)26(15(13)28)12-8-6-5-7-9-12/h5-11,16H,1-4H3,(H,23,27)(H,24,29). The Kier molecular flexibility index (Phi) is 7.86. The molecule has 0 aromatic heterocycles. The Balaban J connectivity index is 2.22. The molecule has 11 heteroatoms. The summed E-state index contributed by atoms with van der Waals surface area (Å²) in [4.78, 5) is 29.2. The number of aliphatic imine (C=N–C) groups is 1. The maximum Gasteiger partial charge on any atom is 0.289 e. The minimum absolute atomic E-state index is 0.0797. The van der Waals surface area contributed by atoms with Crippen molar-refractivity contribution in [2.45, 2.75) is 36.8 Å². The monoisotopic (exact) mass is 477 g/mol. The van der Waals surface area contributed by atoms with E-state index in [2.05, 4.69) is 15.6 Å². The summed E-state index contributed by atoms with van der Waals surface area (Å²) in [5, 5.41) is 8.47. The van der Waals surface area contributed by atoms with Gasteiger partial charge in [0, 0.05) is 13.0 Å². The van der Waals surface area contributed by atoms with Crippen LogP contribution in [0, 0.1) is 5.92 Å². The van der Waals surface area contributed by atoms with E-state index in [1.807, 2.05) is 37.3 Å². The molecule has 0 aliphatic carbocycles. The first kappa shape index (κ1) is 23.8. The van der Waals surface area contributed by atoms with Crippen molar-refractivity contribution < 1.29 is 9.59 Å². The van der Waals surface area contributed by atoms with E-state index in [4.69, 9.17) is 47.0 Å². The van der Waals surface area contributed by atoms with Crippen molar-refractivity contribution in [3.63, 3.8) is 0 Å². The van der Waals surface area contributed by atoms with Gasteiger partial charge in [-0.1, -0.05) is 66.8 Å². The highest BCUT2D eigenvalue weighted by Gasteiger charge is 2.41. The van der Waals surface area contributed by atoms with E-state index in [1.165, 1.54) is 5.01 Å². The molecular weight excluding hydrogens is 457 g/mol. The summed E-state index contributed by atoms with van der Waals surface area (Å²) in [6.45, 7) is 5.24. The lowest BCUT2D eigenvalue weighted by atomic mass is 10.2. The average Bonchev–Trinajstić information content (AvgIpc) is 2.84. The number of hydrogen-bond acceptors (Lipinski definition) is 4. The first-order valence-corrected chi connectivity index (χ1v) is 10.4. The van der Waals surface area contributed by atoms with Crippen molar-refractivity contribution in [2.24, 2.45) is 10.9 Å². The Morgan fingerprint density at radius 3 is 2.31 bits per heavy atom. The molecule has 7 nitrogen and oxygen atoms in total. The van der Waals surface area contributed by atoms with E-state index >= 15 is 0 Å². The van der Waals surface area contributed by atoms with Crippen molar-refractivity contribution in [2.75, 3.05) is 12.1 Å². The zero-order valence-corrected chi connectivity index (χ0v) is 19.4. The highest BCUT2D eigenvalue weighted by atomic mass is 35.6. The molecule has 1 fully saturated rings. The van der Waals surface area contributed by atoms with Crippen LogP contribution >= 0.6 is 47.0 Å². The number of halogens is 3. The van der Waals surface area contributed by atoms with Crippen LogP contribution in [-0.4, -0.2) is 50.7 Å². The van der Waals surface area contributed by atoms with Gasteiger partial charge in [0.05, 0.1) is 11.7 Å². The number of alkyl halides is 3. The van der Waals surface area contributed by atoms with Gasteiger partial charge >= 0.3 is 0 Å². The third-order valence-electron chi connectivity index (χ3n) is 4.31. The van der Waals surface area contributed by atoms with Crippen LogP contribution in [0.25, 0.3) is 0 Å². The number of hydrazine groups is 1. The Morgan fingerprint density at radius 2 is 1.79 bits per heavy atom. The lowest BCUT2D eigenvalue weighted by Crippen LogP contribution is -2.55. The molecule has 2 unspecified atom stereocenters. The number of hydrogen-bond donors (Lipinski definition) is 2. The number of rotatable bonds is 4. The number of amides is 2. The second kappa shape index (κ2) is 9.57. The van der Waals surface area contributed by atoms with Crippen molar-refractivity contribution in [1.82, 2.24) is 15.6 Å². The zero-order chi connectivity index (χ0) is 21.9. The molecule has 2 N–H and O–H groups in total. The number of nitrogens with zero attached hydrogens (tertiary/aromatic N) is 3. The Hall–Kier alpha value is -1.45. The van der Waals surface area contributed by atoms with Gasteiger partial charge in [0.2, 0.25) is 9.70 Å². The molecule has 0 saturated carbocycles. The molecule has 2 atom stereocenters. The molecule has 1 heterocycles. The summed E-state index contributed by atoms with van der Waals surface area (Å²) < 4.78 is -1.88. The zero-order valence-electron chi connectivity index (χ0n) is 16.3. The third kappa shape index (κ3) is 5.79. The number of para-hydroxylation sites is 1. The van der Waals surface area contributed by atoms with Crippen molar-refractivity contribution in [3.8, 4) is 0 Å². The average molecular weight is 479 g/mol. The number of benzene rings is 1. The van der Waals surface area contributed by atoms with Gasteiger partial charge in [-0.3, -0.25) is 9.59 Å². The van der Waals surface area contributed by atoms with Gasteiger partial charge in [0.25, 0.3) is 5.91 Å². The predicted molar refractivity (Wildman–Crippen MR) is 121 cm³/mol. The maximum absolute atomic E-state index is 12.9. The number of carbonyl (C=O) groups excluding carboxylic acids is 2. The van der Waals surface area contributed by atoms with Crippen LogP contribution in [0.4, 0.5) is 5.69 Å². The summed E-state index contributed by atoms with van der Waals surface area (Å²) in [7, 11) is 1.78. The fourth-order valence-electron chi connectivity index (χ4n) is 2.56. The van der Waals surface area contributed by atoms with Gasteiger partial charge < -0.3 is 10.6 Å². The van der Waals surface area contributed by atoms with Gasteiger partial charge in [-0.05, 0) is 31.3 Å².